The quantitative estimate of drug-likeness (QED) is 0.0391. The lowest BCUT2D eigenvalue weighted by Crippen LogP contribution is -2.09. The Morgan fingerprint density at radius 2 is 1.24 bits per heavy atom. The minimum absolute atomic E-state index is 0.359. The molecule has 3 aromatic rings. The summed E-state index contributed by atoms with van der Waals surface area (Å²) in [5.74, 6) is -0.267. The van der Waals surface area contributed by atoms with Crippen molar-refractivity contribution in [3.63, 3.8) is 0 Å². The molecular weight excluding hydrogens is 582 g/mol. The molecule has 0 fully saturated rings. The molecular formula is C37H47N3O4S. The number of unbranched alkanes of at least 4 members (excludes halogenated alkanes) is 10. The predicted octanol–water partition coefficient (Wildman–Crippen LogP) is 10.4. The van der Waals surface area contributed by atoms with Crippen molar-refractivity contribution in [1.29, 1.82) is 5.26 Å². The van der Waals surface area contributed by atoms with Crippen LogP contribution in [0.3, 0.4) is 0 Å². The van der Waals surface area contributed by atoms with Crippen molar-refractivity contribution in [1.82, 2.24) is 0 Å². The fourth-order valence-corrected chi connectivity index (χ4v) is 5.81. The molecule has 0 aliphatic carbocycles. The lowest BCUT2D eigenvalue weighted by atomic mass is 10.1. The number of anilines is 2. The van der Waals surface area contributed by atoms with Crippen molar-refractivity contribution < 1.29 is 19.4 Å². The summed E-state index contributed by atoms with van der Waals surface area (Å²) in [6, 6.07) is 21.6. The third-order valence-electron chi connectivity index (χ3n) is 7.28. The van der Waals surface area contributed by atoms with E-state index in [0.717, 1.165) is 49.9 Å². The Hall–Kier alpha value is -4.09. The van der Waals surface area contributed by atoms with E-state index in [4.69, 9.17) is 14.6 Å². The van der Waals surface area contributed by atoms with Gasteiger partial charge in [0.05, 0.1) is 40.6 Å². The van der Waals surface area contributed by atoms with E-state index in [1.807, 2.05) is 65.7 Å². The molecule has 0 saturated carbocycles. The Labute approximate surface area is 272 Å². The van der Waals surface area contributed by atoms with Crippen molar-refractivity contribution in [2.75, 3.05) is 18.2 Å². The van der Waals surface area contributed by atoms with Crippen molar-refractivity contribution in [2.24, 2.45) is 5.10 Å². The normalized spacial score (nSPS) is 11.4. The third kappa shape index (κ3) is 12.1. The number of aliphatic carboxylic acids is 1. The number of hydrogen-bond acceptors (Lipinski definition) is 7. The van der Waals surface area contributed by atoms with E-state index in [2.05, 4.69) is 13.8 Å². The molecule has 0 bridgehead atoms. The molecule has 3 rings (SSSR count). The highest BCUT2D eigenvalue weighted by molar-refractivity contribution is 7.15. The van der Waals surface area contributed by atoms with Gasteiger partial charge in [0.1, 0.15) is 11.6 Å². The van der Waals surface area contributed by atoms with Crippen LogP contribution in [0.25, 0.3) is 6.08 Å². The van der Waals surface area contributed by atoms with Gasteiger partial charge in [0.25, 0.3) is 0 Å². The monoisotopic (exact) mass is 629 g/mol. The summed E-state index contributed by atoms with van der Waals surface area (Å²) < 4.78 is 12.7. The first-order valence-corrected chi connectivity index (χ1v) is 17.1. The largest absolute Gasteiger partial charge is 0.488 e. The van der Waals surface area contributed by atoms with Crippen LogP contribution in [-0.4, -0.2) is 30.5 Å². The lowest BCUT2D eigenvalue weighted by molar-refractivity contribution is -0.132. The van der Waals surface area contributed by atoms with E-state index in [0.29, 0.717) is 34.5 Å². The van der Waals surface area contributed by atoms with Gasteiger partial charge in [-0.15, -0.1) is 11.3 Å². The maximum Gasteiger partial charge on any atom is 0.346 e. The van der Waals surface area contributed by atoms with Crippen LogP contribution in [-0.2, 0) is 4.79 Å². The van der Waals surface area contributed by atoms with Crippen molar-refractivity contribution >= 4 is 41.0 Å². The van der Waals surface area contributed by atoms with Gasteiger partial charge in [0.15, 0.2) is 11.5 Å². The molecule has 45 heavy (non-hydrogen) atoms. The molecule has 7 nitrogen and oxygen atoms in total. The van der Waals surface area contributed by atoms with Gasteiger partial charge < -0.3 is 14.6 Å². The zero-order valence-electron chi connectivity index (χ0n) is 26.7. The van der Waals surface area contributed by atoms with Crippen molar-refractivity contribution in [3.8, 4) is 17.6 Å². The SMILES string of the molecule is CCCCCCCCOc1c(/C=C(/C#N)C(=O)O)sc(/C=N/N(c2ccccc2)c2ccccc2)c1OCCCCCCCC. The molecule has 0 saturated heterocycles. The van der Waals surface area contributed by atoms with E-state index < -0.39 is 5.97 Å². The standard InChI is InChI=1S/C37H47N3O4S/c1-3-5-7-9-11-19-25-43-35-33(27-30(28-38)37(41)42)45-34(36(35)44-26-20-12-10-8-6-4-2)29-39-40(31-21-15-13-16-22-31)32-23-17-14-18-24-32/h13-18,21-24,27,29H,3-12,19-20,25-26H2,1-2H3,(H,41,42)/b30-27-,39-29+. The van der Waals surface area contributed by atoms with E-state index >= 15 is 0 Å². The summed E-state index contributed by atoms with van der Waals surface area (Å²) in [6.07, 6.45) is 16.6. The molecule has 0 radical (unpaired) electrons. The number of nitrogens with zero attached hydrogens (tertiary/aromatic N) is 3. The fraction of sp³-hybridized carbons (Fsp3) is 0.432. The fourth-order valence-electron chi connectivity index (χ4n) is 4.81. The molecule has 0 amide bonds. The van der Waals surface area contributed by atoms with Crippen LogP contribution >= 0.6 is 11.3 Å². The highest BCUT2D eigenvalue weighted by Crippen LogP contribution is 2.43. The summed E-state index contributed by atoms with van der Waals surface area (Å²) in [5.41, 5.74) is 1.42. The molecule has 0 unspecified atom stereocenters. The first-order chi connectivity index (χ1) is 22.1. The second kappa shape index (κ2) is 20.8. The number of carbonyl (C=O) groups is 1. The Balaban J connectivity index is 1.97. The zero-order chi connectivity index (χ0) is 32.1. The minimum atomic E-state index is -1.28. The zero-order valence-corrected chi connectivity index (χ0v) is 27.6. The number of para-hydroxylation sites is 2. The summed E-state index contributed by atoms with van der Waals surface area (Å²) in [5, 5.41) is 25.9. The molecule has 1 heterocycles. The average molecular weight is 630 g/mol. The van der Waals surface area contributed by atoms with Crippen LogP contribution in [0, 0.1) is 11.3 Å². The molecule has 1 aromatic heterocycles. The molecule has 0 spiro atoms. The van der Waals surface area contributed by atoms with Crippen LogP contribution in [0.2, 0.25) is 0 Å². The lowest BCUT2D eigenvalue weighted by Gasteiger charge is -2.19. The van der Waals surface area contributed by atoms with Crippen LogP contribution in [0.1, 0.15) is 101 Å². The second-order valence-electron chi connectivity index (χ2n) is 10.9. The Morgan fingerprint density at radius 1 is 0.778 bits per heavy atom. The van der Waals surface area contributed by atoms with Gasteiger partial charge in [-0.1, -0.05) is 114 Å². The minimum Gasteiger partial charge on any atom is -0.488 e. The Morgan fingerprint density at radius 3 is 1.71 bits per heavy atom. The Bertz CT molecular complexity index is 1340. The van der Waals surface area contributed by atoms with Crippen LogP contribution in [0.4, 0.5) is 11.4 Å². The van der Waals surface area contributed by atoms with Gasteiger partial charge in [-0.2, -0.15) is 10.4 Å². The van der Waals surface area contributed by atoms with Gasteiger partial charge in [0.2, 0.25) is 0 Å². The number of benzene rings is 2. The number of carboxylic acid groups (broad SMARTS) is 1. The first-order valence-electron chi connectivity index (χ1n) is 16.3. The number of ether oxygens (including phenoxy) is 2. The number of nitriles is 1. The third-order valence-corrected chi connectivity index (χ3v) is 8.31. The molecule has 8 heteroatoms. The number of thiophene rings is 1. The first kappa shape index (κ1) is 35.4. The predicted molar refractivity (Wildman–Crippen MR) is 186 cm³/mol. The maximum absolute atomic E-state index is 11.8. The molecule has 0 aliphatic rings. The van der Waals surface area contributed by atoms with Gasteiger partial charge in [-0.3, -0.25) is 0 Å². The molecule has 2 aromatic carbocycles. The van der Waals surface area contributed by atoms with Gasteiger partial charge in [-0.25, -0.2) is 9.80 Å². The number of carboxylic acids is 1. The van der Waals surface area contributed by atoms with Gasteiger partial charge >= 0.3 is 5.97 Å². The van der Waals surface area contributed by atoms with Crippen LogP contribution in [0.15, 0.2) is 71.3 Å². The van der Waals surface area contributed by atoms with Crippen LogP contribution in [0.5, 0.6) is 11.5 Å². The summed E-state index contributed by atoms with van der Waals surface area (Å²) >= 11 is 1.31. The highest BCUT2D eigenvalue weighted by atomic mass is 32.1. The highest BCUT2D eigenvalue weighted by Gasteiger charge is 2.22. The van der Waals surface area contributed by atoms with Crippen molar-refractivity contribution in [2.45, 2.75) is 90.9 Å². The van der Waals surface area contributed by atoms with E-state index in [9.17, 15) is 15.2 Å². The van der Waals surface area contributed by atoms with Gasteiger partial charge in [-0.05, 0) is 43.2 Å². The summed E-state index contributed by atoms with van der Waals surface area (Å²) in [4.78, 5) is 13.0. The number of hydrogen-bond donors (Lipinski definition) is 1. The maximum atomic E-state index is 11.8. The van der Waals surface area contributed by atoms with Crippen molar-refractivity contribution in [3.05, 3.63) is 76.0 Å². The number of hydrazone groups is 1. The Kier molecular flexibility index (Phi) is 16.4. The molecule has 0 aliphatic heterocycles. The second-order valence-corrected chi connectivity index (χ2v) is 12.0. The topological polar surface area (TPSA) is 95.1 Å². The van der Waals surface area contributed by atoms with Crippen LogP contribution < -0.4 is 14.5 Å². The molecule has 0 atom stereocenters. The molecule has 240 valence electrons. The smallest absolute Gasteiger partial charge is 0.346 e. The van der Waals surface area contributed by atoms with E-state index in [1.165, 1.54) is 55.9 Å². The average Bonchev–Trinajstić information content (AvgIpc) is 3.39. The van der Waals surface area contributed by atoms with E-state index in [-0.39, 0.29) is 5.57 Å². The van der Waals surface area contributed by atoms with E-state index in [1.54, 1.807) is 12.3 Å². The summed E-state index contributed by atoms with van der Waals surface area (Å²) in [6.45, 7) is 5.39. The molecule has 1 N–H and O–H groups in total. The number of rotatable bonds is 22. The van der Waals surface area contributed by atoms with Gasteiger partial charge in [0, 0.05) is 0 Å². The summed E-state index contributed by atoms with van der Waals surface area (Å²) in [7, 11) is 0.